The maximum Gasteiger partial charge on any atom is 0.126 e. The van der Waals surface area contributed by atoms with Gasteiger partial charge in [-0.1, -0.05) is 42.5 Å². The fourth-order valence-electron chi connectivity index (χ4n) is 4.58. The van der Waals surface area contributed by atoms with E-state index in [1.807, 2.05) is 25.1 Å². The number of benzene rings is 3. The van der Waals surface area contributed by atoms with Crippen LogP contribution in [-0.2, 0) is 11.3 Å². The van der Waals surface area contributed by atoms with Crippen molar-refractivity contribution in [3.05, 3.63) is 101 Å². The predicted molar refractivity (Wildman–Crippen MR) is 123 cm³/mol. The standard InChI is InChI=1S/C27H29F2NO3/c1-17-4-3-5-20(27(17)32-2)15-30-23-16-33-25(14-24(23)31)26(18-6-10-21(28)11-7-18)19-8-12-22(29)13-9-19/h3-13,23-26,30-31H,14-16H2,1-2H3. The summed E-state index contributed by atoms with van der Waals surface area (Å²) in [6.45, 7) is 2.86. The first-order valence-corrected chi connectivity index (χ1v) is 11.1. The van der Waals surface area contributed by atoms with Gasteiger partial charge in [-0.15, -0.1) is 0 Å². The number of hydrogen-bond acceptors (Lipinski definition) is 4. The molecule has 0 spiro atoms. The predicted octanol–water partition coefficient (Wildman–Crippen LogP) is 4.72. The number of methoxy groups -OCH3 is 1. The van der Waals surface area contributed by atoms with Crippen LogP contribution >= 0.6 is 0 Å². The van der Waals surface area contributed by atoms with E-state index in [2.05, 4.69) is 5.32 Å². The molecule has 174 valence electrons. The zero-order chi connectivity index (χ0) is 23.4. The molecule has 4 nitrogen and oxygen atoms in total. The maximum atomic E-state index is 13.5. The number of hydrogen-bond donors (Lipinski definition) is 2. The van der Waals surface area contributed by atoms with E-state index >= 15 is 0 Å². The van der Waals surface area contributed by atoms with Crippen LogP contribution in [0, 0.1) is 18.6 Å². The lowest BCUT2D eigenvalue weighted by atomic mass is 9.82. The molecule has 1 aliphatic heterocycles. The van der Waals surface area contributed by atoms with Crippen LogP contribution < -0.4 is 10.1 Å². The van der Waals surface area contributed by atoms with Gasteiger partial charge in [-0.2, -0.15) is 0 Å². The third kappa shape index (κ3) is 5.41. The lowest BCUT2D eigenvalue weighted by molar-refractivity contribution is -0.0718. The molecule has 0 bridgehead atoms. The highest BCUT2D eigenvalue weighted by Gasteiger charge is 2.35. The molecule has 1 saturated heterocycles. The van der Waals surface area contributed by atoms with Crippen LogP contribution in [0.25, 0.3) is 0 Å². The third-order valence-corrected chi connectivity index (χ3v) is 6.31. The van der Waals surface area contributed by atoms with Crippen LogP contribution in [0.4, 0.5) is 8.78 Å². The minimum atomic E-state index is -0.636. The number of aliphatic hydroxyl groups excluding tert-OH is 1. The van der Waals surface area contributed by atoms with Crippen molar-refractivity contribution in [1.82, 2.24) is 5.32 Å². The first-order chi connectivity index (χ1) is 16.0. The number of rotatable bonds is 7. The molecule has 3 aromatic carbocycles. The van der Waals surface area contributed by atoms with Gasteiger partial charge in [-0.3, -0.25) is 0 Å². The SMILES string of the molecule is COc1c(C)cccc1CNC1COC(C(c2ccc(F)cc2)c2ccc(F)cc2)CC1O. The van der Waals surface area contributed by atoms with Gasteiger partial charge in [0.05, 0.1) is 32.0 Å². The molecule has 1 aliphatic rings. The Morgan fingerprint density at radius 3 is 2.15 bits per heavy atom. The second-order valence-electron chi connectivity index (χ2n) is 8.51. The summed E-state index contributed by atoms with van der Waals surface area (Å²) in [5.74, 6) is -0.0606. The third-order valence-electron chi connectivity index (χ3n) is 6.31. The normalized spacial score (nSPS) is 20.7. The van der Waals surface area contributed by atoms with Crippen molar-refractivity contribution in [1.29, 1.82) is 0 Å². The lowest BCUT2D eigenvalue weighted by Crippen LogP contribution is -2.50. The van der Waals surface area contributed by atoms with Gasteiger partial charge in [0.15, 0.2) is 0 Å². The zero-order valence-electron chi connectivity index (χ0n) is 18.8. The van der Waals surface area contributed by atoms with Gasteiger partial charge in [0.1, 0.15) is 17.4 Å². The summed E-state index contributed by atoms with van der Waals surface area (Å²) in [6, 6.07) is 18.2. The molecule has 4 rings (SSSR count). The Kier molecular flexibility index (Phi) is 7.38. The van der Waals surface area contributed by atoms with E-state index in [1.54, 1.807) is 31.4 Å². The Morgan fingerprint density at radius 2 is 1.61 bits per heavy atom. The van der Waals surface area contributed by atoms with Crippen LogP contribution in [-0.4, -0.2) is 37.1 Å². The zero-order valence-corrected chi connectivity index (χ0v) is 18.8. The molecule has 1 heterocycles. The van der Waals surface area contributed by atoms with Gasteiger partial charge >= 0.3 is 0 Å². The summed E-state index contributed by atoms with van der Waals surface area (Å²) in [5, 5.41) is 14.3. The maximum absolute atomic E-state index is 13.5. The van der Waals surface area contributed by atoms with Crippen LogP contribution in [0.3, 0.4) is 0 Å². The van der Waals surface area contributed by atoms with Crippen molar-refractivity contribution in [3.8, 4) is 5.75 Å². The molecule has 0 aliphatic carbocycles. The van der Waals surface area contributed by atoms with Crippen molar-refractivity contribution < 1.29 is 23.4 Å². The monoisotopic (exact) mass is 453 g/mol. The van der Waals surface area contributed by atoms with Crippen LogP contribution in [0.5, 0.6) is 5.75 Å². The fourth-order valence-corrected chi connectivity index (χ4v) is 4.58. The van der Waals surface area contributed by atoms with Gasteiger partial charge in [0, 0.05) is 24.4 Å². The molecule has 1 fully saturated rings. The van der Waals surface area contributed by atoms with Gasteiger partial charge in [-0.25, -0.2) is 8.78 Å². The van der Waals surface area contributed by atoms with E-state index in [4.69, 9.17) is 9.47 Å². The first kappa shape index (κ1) is 23.4. The Bertz CT molecular complexity index is 1010. The Morgan fingerprint density at radius 1 is 1.00 bits per heavy atom. The summed E-state index contributed by atoms with van der Waals surface area (Å²) >= 11 is 0. The topological polar surface area (TPSA) is 50.7 Å². The second-order valence-corrected chi connectivity index (χ2v) is 8.51. The van der Waals surface area contributed by atoms with E-state index in [-0.39, 0.29) is 29.7 Å². The molecule has 3 atom stereocenters. The average Bonchev–Trinajstić information content (AvgIpc) is 2.81. The molecule has 0 radical (unpaired) electrons. The smallest absolute Gasteiger partial charge is 0.126 e. The number of aliphatic hydroxyl groups is 1. The molecule has 2 N–H and O–H groups in total. The summed E-state index contributed by atoms with van der Waals surface area (Å²) < 4.78 is 38.8. The average molecular weight is 454 g/mol. The Balaban J connectivity index is 1.48. The highest BCUT2D eigenvalue weighted by Crippen LogP contribution is 2.35. The lowest BCUT2D eigenvalue weighted by Gasteiger charge is -2.38. The molecular weight excluding hydrogens is 424 g/mol. The van der Waals surface area contributed by atoms with E-state index in [1.165, 1.54) is 24.3 Å². The number of para-hydroxylation sites is 1. The van der Waals surface area contributed by atoms with Gasteiger partial charge in [0.2, 0.25) is 0 Å². The molecule has 33 heavy (non-hydrogen) atoms. The molecule has 3 aromatic rings. The van der Waals surface area contributed by atoms with Crippen molar-refractivity contribution in [3.63, 3.8) is 0 Å². The summed E-state index contributed by atoms with van der Waals surface area (Å²) in [7, 11) is 1.65. The van der Waals surface area contributed by atoms with Crippen LogP contribution in [0.2, 0.25) is 0 Å². The number of aryl methyl sites for hydroxylation is 1. The van der Waals surface area contributed by atoms with Gasteiger partial charge in [0.25, 0.3) is 0 Å². The minimum absolute atomic E-state index is 0.242. The highest BCUT2D eigenvalue weighted by atomic mass is 19.1. The van der Waals surface area contributed by atoms with Crippen molar-refractivity contribution in [2.45, 2.75) is 44.1 Å². The molecule has 6 heteroatoms. The van der Waals surface area contributed by atoms with Crippen molar-refractivity contribution in [2.24, 2.45) is 0 Å². The highest BCUT2D eigenvalue weighted by molar-refractivity contribution is 5.40. The molecule has 0 saturated carbocycles. The molecule has 3 unspecified atom stereocenters. The minimum Gasteiger partial charge on any atom is -0.496 e. The largest absolute Gasteiger partial charge is 0.496 e. The van der Waals surface area contributed by atoms with Crippen LogP contribution in [0.15, 0.2) is 66.7 Å². The number of nitrogens with one attached hydrogen (secondary N) is 1. The van der Waals surface area contributed by atoms with Crippen molar-refractivity contribution in [2.75, 3.05) is 13.7 Å². The molecule has 0 amide bonds. The number of ether oxygens (including phenoxy) is 2. The summed E-state index contributed by atoms with van der Waals surface area (Å²) in [4.78, 5) is 0. The molecule has 0 aromatic heterocycles. The van der Waals surface area contributed by atoms with E-state index in [9.17, 15) is 13.9 Å². The summed E-state index contributed by atoms with van der Waals surface area (Å²) in [5.41, 5.74) is 3.79. The summed E-state index contributed by atoms with van der Waals surface area (Å²) in [6.07, 6.45) is -0.576. The van der Waals surface area contributed by atoms with E-state index in [0.717, 1.165) is 28.0 Å². The fraction of sp³-hybridized carbons (Fsp3) is 0.333. The van der Waals surface area contributed by atoms with Gasteiger partial charge < -0.3 is 19.9 Å². The van der Waals surface area contributed by atoms with E-state index in [0.29, 0.717) is 19.6 Å². The Labute approximate surface area is 193 Å². The molecular formula is C27H29F2NO3. The van der Waals surface area contributed by atoms with Crippen LogP contribution in [0.1, 0.15) is 34.6 Å². The van der Waals surface area contributed by atoms with E-state index < -0.39 is 6.10 Å². The van der Waals surface area contributed by atoms with Gasteiger partial charge in [-0.05, 0) is 47.9 Å². The Hall–Kier alpha value is -2.80. The number of halogens is 2. The van der Waals surface area contributed by atoms with Crippen molar-refractivity contribution >= 4 is 0 Å². The first-order valence-electron chi connectivity index (χ1n) is 11.1. The quantitative estimate of drug-likeness (QED) is 0.544. The second kappa shape index (κ2) is 10.4.